The summed E-state index contributed by atoms with van der Waals surface area (Å²) in [5, 5.41) is 9.79. The number of nitrogens with one attached hydrogen (secondary N) is 2. The number of carbonyl (C=O) groups is 2. The van der Waals surface area contributed by atoms with E-state index < -0.39 is 6.04 Å². The van der Waals surface area contributed by atoms with Crippen molar-refractivity contribution in [3.8, 4) is 5.75 Å². The van der Waals surface area contributed by atoms with Crippen molar-refractivity contribution in [2.24, 2.45) is 0 Å². The van der Waals surface area contributed by atoms with Crippen LogP contribution in [0.1, 0.15) is 18.2 Å². The van der Waals surface area contributed by atoms with E-state index in [2.05, 4.69) is 15.7 Å². The molecule has 1 aromatic heterocycles. The van der Waals surface area contributed by atoms with Crippen LogP contribution in [0.3, 0.4) is 0 Å². The summed E-state index contributed by atoms with van der Waals surface area (Å²) < 4.78 is 6.75. The molecule has 0 saturated heterocycles. The number of aromatic nitrogens is 2. The Morgan fingerprint density at radius 3 is 3.00 bits per heavy atom. The number of amides is 2. The fourth-order valence-electron chi connectivity index (χ4n) is 2.47. The molecule has 0 spiro atoms. The van der Waals surface area contributed by atoms with Gasteiger partial charge in [-0.1, -0.05) is 12.1 Å². The number of aryl methyl sites for hydroxylation is 1. The van der Waals surface area contributed by atoms with E-state index >= 15 is 0 Å². The first-order chi connectivity index (χ1) is 10.6. The van der Waals surface area contributed by atoms with E-state index in [0.717, 1.165) is 5.69 Å². The van der Waals surface area contributed by atoms with Gasteiger partial charge in [0.15, 0.2) is 0 Å². The molecule has 2 aromatic rings. The van der Waals surface area contributed by atoms with Gasteiger partial charge >= 0.3 is 0 Å². The van der Waals surface area contributed by atoms with E-state index in [9.17, 15) is 9.59 Å². The maximum Gasteiger partial charge on any atom is 0.249 e. The number of benzene rings is 1. The van der Waals surface area contributed by atoms with E-state index in [4.69, 9.17) is 4.74 Å². The summed E-state index contributed by atoms with van der Waals surface area (Å²) in [6.07, 6.45) is 0.0507. The molecular formula is C15H16N4O3. The van der Waals surface area contributed by atoms with Crippen molar-refractivity contribution in [1.82, 2.24) is 9.78 Å². The highest BCUT2D eigenvalue weighted by atomic mass is 16.5. The van der Waals surface area contributed by atoms with Gasteiger partial charge in [0.05, 0.1) is 24.9 Å². The minimum atomic E-state index is -0.678. The summed E-state index contributed by atoms with van der Waals surface area (Å²) in [5.74, 6) is 0.596. The van der Waals surface area contributed by atoms with E-state index in [-0.39, 0.29) is 18.2 Å². The Balaban J connectivity index is 1.88. The molecule has 7 nitrogen and oxygen atoms in total. The highest BCUT2D eigenvalue weighted by Gasteiger charge is 2.31. The number of hydrogen-bond donors (Lipinski definition) is 2. The topological polar surface area (TPSA) is 85.2 Å². The van der Waals surface area contributed by atoms with E-state index in [1.807, 2.05) is 13.0 Å². The van der Waals surface area contributed by atoms with E-state index in [1.165, 1.54) is 7.11 Å². The Morgan fingerprint density at radius 2 is 2.23 bits per heavy atom. The quantitative estimate of drug-likeness (QED) is 0.904. The van der Waals surface area contributed by atoms with Gasteiger partial charge in [-0.15, -0.1) is 0 Å². The van der Waals surface area contributed by atoms with Crippen molar-refractivity contribution in [2.75, 3.05) is 17.7 Å². The number of anilines is 2. The molecule has 0 aliphatic carbocycles. The zero-order valence-electron chi connectivity index (χ0n) is 12.3. The van der Waals surface area contributed by atoms with Gasteiger partial charge in [-0.05, 0) is 19.1 Å². The molecular weight excluding hydrogens is 284 g/mol. The summed E-state index contributed by atoms with van der Waals surface area (Å²) in [6, 6.07) is 8.18. The molecule has 0 saturated carbocycles. The lowest BCUT2D eigenvalue weighted by atomic mass is 10.1. The zero-order chi connectivity index (χ0) is 15.7. The SMILES string of the molecule is COc1ccccc1NC(=O)C1CC(=O)Nc2cc(C)nn21. The van der Waals surface area contributed by atoms with Crippen LogP contribution in [0.25, 0.3) is 0 Å². The van der Waals surface area contributed by atoms with Gasteiger partial charge in [0.1, 0.15) is 17.6 Å². The molecule has 0 fully saturated rings. The van der Waals surface area contributed by atoms with Crippen molar-refractivity contribution in [1.29, 1.82) is 0 Å². The van der Waals surface area contributed by atoms with Gasteiger partial charge in [-0.2, -0.15) is 5.10 Å². The largest absolute Gasteiger partial charge is 0.495 e. The van der Waals surface area contributed by atoms with Crippen LogP contribution in [0, 0.1) is 6.92 Å². The Labute approximate surface area is 127 Å². The van der Waals surface area contributed by atoms with E-state index in [0.29, 0.717) is 17.3 Å². The van der Waals surface area contributed by atoms with Crippen molar-refractivity contribution < 1.29 is 14.3 Å². The summed E-state index contributed by atoms with van der Waals surface area (Å²) in [6.45, 7) is 1.81. The maximum atomic E-state index is 12.5. The molecule has 114 valence electrons. The lowest BCUT2D eigenvalue weighted by Gasteiger charge is -2.24. The maximum absolute atomic E-state index is 12.5. The Morgan fingerprint density at radius 1 is 1.45 bits per heavy atom. The molecule has 0 radical (unpaired) electrons. The Bertz CT molecular complexity index is 738. The van der Waals surface area contributed by atoms with Gasteiger partial charge in [0.25, 0.3) is 0 Å². The van der Waals surface area contributed by atoms with Crippen LogP contribution >= 0.6 is 0 Å². The number of methoxy groups -OCH3 is 1. The summed E-state index contributed by atoms with van der Waals surface area (Å²) in [7, 11) is 1.54. The van der Waals surface area contributed by atoms with Crippen LogP contribution in [-0.2, 0) is 9.59 Å². The first-order valence-electron chi connectivity index (χ1n) is 6.88. The number of hydrogen-bond acceptors (Lipinski definition) is 4. The fraction of sp³-hybridized carbons (Fsp3) is 0.267. The second-order valence-electron chi connectivity index (χ2n) is 5.07. The molecule has 2 N–H and O–H groups in total. The predicted molar refractivity (Wildman–Crippen MR) is 80.9 cm³/mol. The molecule has 1 atom stereocenters. The van der Waals surface area contributed by atoms with Crippen molar-refractivity contribution in [3.05, 3.63) is 36.0 Å². The summed E-state index contributed by atoms with van der Waals surface area (Å²) >= 11 is 0. The molecule has 2 amide bonds. The average molecular weight is 300 g/mol. The fourth-order valence-corrected chi connectivity index (χ4v) is 2.47. The number of ether oxygens (including phenoxy) is 1. The third-order valence-electron chi connectivity index (χ3n) is 3.47. The van der Waals surface area contributed by atoms with Crippen molar-refractivity contribution in [3.63, 3.8) is 0 Å². The third kappa shape index (κ3) is 2.52. The van der Waals surface area contributed by atoms with Gasteiger partial charge in [-0.25, -0.2) is 4.68 Å². The molecule has 1 aromatic carbocycles. The highest BCUT2D eigenvalue weighted by molar-refractivity contribution is 6.01. The number of carbonyl (C=O) groups excluding carboxylic acids is 2. The highest BCUT2D eigenvalue weighted by Crippen LogP contribution is 2.28. The van der Waals surface area contributed by atoms with Crippen LogP contribution < -0.4 is 15.4 Å². The average Bonchev–Trinajstić information content (AvgIpc) is 2.86. The number of rotatable bonds is 3. The normalized spacial score (nSPS) is 16.6. The van der Waals surface area contributed by atoms with Gasteiger partial charge < -0.3 is 15.4 Å². The smallest absolute Gasteiger partial charge is 0.249 e. The predicted octanol–water partition coefficient (Wildman–Crippen LogP) is 1.72. The number of para-hydroxylation sites is 2. The first kappa shape index (κ1) is 14.1. The number of nitrogens with zero attached hydrogens (tertiary/aromatic N) is 2. The van der Waals surface area contributed by atoms with Crippen molar-refractivity contribution in [2.45, 2.75) is 19.4 Å². The second-order valence-corrected chi connectivity index (χ2v) is 5.07. The second kappa shape index (κ2) is 5.51. The van der Waals surface area contributed by atoms with Crippen LogP contribution in [0.5, 0.6) is 5.75 Å². The van der Waals surface area contributed by atoms with Crippen molar-refractivity contribution >= 4 is 23.3 Å². The Hall–Kier alpha value is -2.83. The van der Waals surface area contributed by atoms with E-state index in [1.54, 1.807) is 28.9 Å². The molecule has 3 rings (SSSR count). The molecule has 2 heterocycles. The third-order valence-corrected chi connectivity index (χ3v) is 3.47. The Kier molecular flexibility index (Phi) is 3.54. The van der Waals surface area contributed by atoms with Gasteiger partial charge in [0, 0.05) is 6.07 Å². The van der Waals surface area contributed by atoms with Crippen LogP contribution in [-0.4, -0.2) is 28.7 Å². The minimum absolute atomic E-state index is 0.0507. The molecule has 22 heavy (non-hydrogen) atoms. The number of fused-ring (bicyclic) bond motifs is 1. The molecule has 0 bridgehead atoms. The minimum Gasteiger partial charge on any atom is -0.495 e. The van der Waals surface area contributed by atoms with Crippen LogP contribution in [0.2, 0.25) is 0 Å². The molecule has 7 heteroatoms. The van der Waals surface area contributed by atoms with Gasteiger partial charge in [0.2, 0.25) is 11.8 Å². The molecule has 1 aliphatic heterocycles. The van der Waals surface area contributed by atoms with Gasteiger partial charge in [-0.3, -0.25) is 9.59 Å². The van der Waals surface area contributed by atoms with Crippen LogP contribution in [0.15, 0.2) is 30.3 Å². The lowest BCUT2D eigenvalue weighted by Crippen LogP contribution is -2.35. The lowest BCUT2D eigenvalue weighted by molar-refractivity contribution is -0.125. The first-order valence-corrected chi connectivity index (χ1v) is 6.88. The standard InChI is InChI=1S/C15H16N4O3/c1-9-7-13-17-14(20)8-11(19(13)18-9)15(21)16-10-5-3-4-6-12(10)22-2/h3-7,11H,8H2,1-2H3,(H,16,21)(H,17,20). The monoisotopic (exact) mass is 300 g/mol. The van der Waals surface area contributed by atoms with Crippen LogP contribution in [0.4, 0.5) is 11.5 Å². The summed E-state index contributed by atoms with van der Waals surface area (Å²) in [5.41, 5.74) is 1.30. The molecule has 1 unspecified atom stereocenters. The molecule has 1 aliphatic rings. The summed E-state index contributed by atoms with van der Waals surface area (Å²) in [4.78, 5) is 24.3. The zero-order valence-corrected chi connectivity index (χ0v) is 12.3.